The highest BCUT2D eigenvalue weighted by molar-refractivity contribution is 5.84. The molecule has 0 radical (unpaired) electrons. The first-order valence-electron chi connectivity index (χ1n) is 13.3. The summed E-state index contributed by atoms with van der Waals surface area (Å²) in [6, 6.07) is 5.79. The minimum atomic E-state index is -2.47. The van der Waals surface area contributed by atoms with E-state index in [1.807, 2.05) is 37.3 Å². The molecule has 9 atom stereocenters. The molecule has 1 aromatic heterocycles. The SMILES string of the molecule is CN(C)C1CC23CCC4(O2)C(=CCC2(C)C(c5ccc6cncnc6c5)=CCC24)C(O)C3(F)C(O)C1O. The molecule has 3 fully saturated rings. The van der Waals surface area contributed by atoms with E-state index in [2.05, 4.69) is 35.1 Å². The molecule has 8 heteroatoms. The molecular weight excluding hydrogens is 473 g/mol. The molecule has 1 aromatic carbocycles. The van der Waals surface area contributed by atoms with Crippen LogP contribution >= 0.6 is 0 Å². The number of rotatable bonds is 2. The van der Waals surface area contributed by atoms with Crippen molar-refractivity contribution in [3.63, 3.8) is 0 Å². The smallest absolute Gasteiger partial charge is 0.197 e. The van der Waals surface area contributed by atoms with Crippen molar-refractivity contribution in [3.05, 3.63) is 54.0 Å². The summed E-state index contributed by atoms with van der Waals surface area (Å²) in [5.74, 6) is 0.0245. The van der Waals surface area contributed by atoms with Crippen molar-refractivity contribution < 1.29 is 24.4 Å². The molecule has 2 spiro atoms. The number of fused-ring (bicyclic) bond motifs is 2. The van der Waals surface area contributed by atoms with E-state index in [1.165, 1.54) is 5.57 Å². The summed E-state index contributed by atoms with van der Waals surface area (Å²) >= 11 is 0. The molecule has 9 unspecified atom stereocenters. The van der Waals surface area contributed by atoms with Gasteiger partial charge in [-0.05, 0) is 69.0 Å². The second kappa shape index (κ2) is 7.45. The van der Waals surface area contributed by atoms with Crippen molar-refractivity contribution in [2.24, 2.45) is 11.3 Å². The largest absolute Gasteiger partial charge is 0.389 e. The summed E-state index contributed by atoms with van der Waals surface area (Å²) in [7, 11) is 3.63. The van der Waals surface area contributed by atoms with Gasteiger partial charge in [0.05, 0.1) is 17.2 Å². The number of nitrogens with zero attached hydrogens (tertiary/aromatic N) is 3. The lowest BCUT2D eigenvalue weighted by atomic mass is 9.55. The Hall–Kier alpha value is -2.23. The minimum absolute atomic E-state index is 0.0245. The molecule has 1 saturated carbocycles. The van der Waals surface area contributed by atoms with Crippen LogP contribution in [0.15, 0.2) is 48.4 Å². The van der Waals surface area contributed by atoms with E-state index in [4.69, 9.17) is 4.74 Å². The highest BCUT2D eigenvalue weighted by Gasteiger charge is 2.79. The molecule has 196 valence electrons. The lowest BCUT2D eigenvalue weighted by Crippen LogP contribution is -2.78. The summed E-state index contributed by atoms with van der Waals surface area (Å²) in [4.78, 5) is 10.4. The number of aliphatic hydroxyl groups excluding tert-OH is 3. The molecular formula is C29H34FN3O4. The molecule has 2 bridgehead atoms. The predicted molar refractivity (Wildman–Crippen MR) is 136 cm³/mol. The van der Waals surface area contributed by atoms with Crippen LogP contribution in [0.1, 0.15) is 44.6 Å². The van der Waals surface area contributed by atoms with Crippen LogP contribution in [0.25, 0.3) is 16.5 Å². The van der Waals surface area contributed by atoms with Crippen LogP contribution in [0.5, 0.6) is 0 Å². The van der Waals surface area contributed by atoms with Gasteiger partial charge in [-0.2, -0.15) is 0 Å². The highest BCUT2D eigenvalue weighted by atomic mass is 19.1. The van der Waals surface area contributed by atoms with Crippen LogP contribution in [-0.4, -0.2) is 85.5 Å². The van der Waals surface area contributed by atoms with Crippen molar-refractivity contribution >= 4 is 16.5 Å². The van der Waals surface area contributed by atoms with Gasteiger partial charge in [0, 0.05) is 29.0 Å². The van der Waals surface area contributed by atoms with Crippen LogP contribution in [0.4, 0.5) is 4.39 Å². The second-order valence-corrected chi connectivity index (χ2v) is 12.3. The van der Waals surface area contributed by atoms with Crippen molar-refractivity contribution in [2.75, 3.05) is 14.1 Å². The Morgan fingerprint density at radius 2 is 1.95 bits per heavy atom. The molecule has 3 aliphatic carbocycles. The third-order valence-electron chi connectivity index (χ3n) is 10.6. The van der Waals surface area contributed by atoms with Gasteiger partial charge in [-0.15, -0.1) is 0 Å². The van der Waals surface area contributed by atoms with Crippen molar-refractivity contribution in [1.82, 2.24) is 14.9 Å². The zero-order valence-corrected chi connectivity index (χ0v) is 21.4. The number of hydrogen-bond donors (Lipinski definition) is 3. The van der Waals surface area contributed by atoms with E-state index in [9.17, 15) is 15.3 Å². The normalized spacial score (nSPS) is 46.3. The average Bonchev–Trinajstić information content (AvgIpc) is 3.42. The Kier molecular flexibility index (Phi) is 4.80. The molecule has 2 aromatic rings. The van der Waals surface area contributed by atoms with Gasteiger partial charge in [0.1, 0.15) is 24.1 Å². The van der Waals surface area contributed by atoms with Crippen LogP contribution in [0, 0.1) is 11.3 Å². The summed E-state index contributed by atoms with van der Waals surface area (Å²) in [5.41, 5.74) is -1.13. The first-order valence-corrected chi connectivity index (χ1v) is 13.3. The fraction of sp³-hybridized carbons (Fsp3) is 0.586. The number of allylic oxidation sites excluding steroid dienone is 3. The maximum absolute atomic E-state index is 17.0. The zero-order valence-electron chi connectivity index (χ0n) is 21.4. The summed E-state index contributed by atoms with van der Waals surface area (Å²) in [6.45, 7) is 2.25. The Bertz CT molecular complexity index is 1360. The van der Waals surface area contributed by atoms with E-state index < -0.39 is 41.2 Å². The molecule has 3 heterocycles. The number of hydrogen-bond acceptors (Lipinski definition) is 7. The van der Waals surface area contributed by atoms with Gasteiger partial charge in [0.2, 0.25) is 0 Å². The lowest BCUT2D eigenvalue weighted by molar-refractivity contribution is -0.308. The van der Waals surface area contributed by atoms with Gasteiger partial charge < -0.3 is 25.0 Å². The van der Waals surface area contributed by atoms with Crippen LogP contribution < -0.4 is 0 Å². The molecule has 3 N–H and O–H groups in total. The topological polar surface area (TPSA) is 98.9 Å². The number of alkyl halides is 1. The van der Waals surface area contributed by atoms with E-state index in [-0.39, 0.29) is 17.8 Å². The first kappa shape index (κ1) is 23.9. The van der Waals surface area contributed by atoms with Crippen molar-refractivity contribution in [1.29, 1.82) is 0 Å². The van der Waals surface area contributed by atoms with E-state index in [1.54, 1.807) is 6.33 Å². The van der Waals surface area contributed by atoms with Gasteiger partial charge in [-0.1, -0.05) is 31.2 Å². The Balaban J connectivity index is 1.32. The van der Waals surface area contributed by atoms with Crippen LogP contribution in [-0.2, 0) is 4.74 Å². The summed E-state index contributed by atoms with van der Waals surface area (Å²) < 4.78 is 23.9. The summed E-state index contributed by atoms with van der Waals surface area (Å²) in [5, 5.41) is 34.5. The van der Waals surface area contributed by atoms with Gasteiger partial charge >= 0.3 is 0 Å². The van der Waals surface area contributed by atoms with E-state index in [0.717, 1.165) is 22.9 Å². The fourth-order valence-corrected chi connectivity index (χ4v) is 8.67. The number of benzene rings is 1. The molecule has 0 amide bonds. The standard InChI is InChI=1S/C29H34FN3O4/c1-26-9-8-19-24(35)29(30)25(36)23(34)21(33(2)3)13-27(29)10-11-28(19,37-27)22(26)7-6-18(26)16-4-5-17-14-31-15-32-20(17)12-16/h4-6,8,12,14-15,21-25,34-36H,7,9-11,13H2,1-3H3. The minimum Gasteiger partial charge on any atom is -0.389 e. The highest BCUT2D eigenvalue weighted by Crippen LogP contribution is 2.70. The summed E-state index contributed by atoms with van der Waals surface area (Å²) in [6.07, 6.45) is 5.59. The number of aromatic nitrogens is 2. The van der Waals surface area contributed by atoms with Crippen molar-refractivity contribution in [2.45, 2.75) is 80.3 Å². The molecule has 7 nitrogen and oxygen atoms in total. The average molecular weight is 508 g/mol. The van der Waals surface area contributed by atoms with Gasteiger partial charge in [0.25, 0.3) is 0 Å². The van der Waals surface area contributed by atoms with Crippen molar-refractivity contribution in [3.8, 4) is 0 Å². The second-order valence-electron chi connectivity index (χ2n) is 12.3. The first-order chi connectivity index (χ1) is 17.6. The molecule has 2 aliphatic heterocycles. The van der Waals surface area contributed by atoms with E-state index >= 15 is 4.39 Å². The monoisotopic (exact) mass is 507 g/mol. The maximum atomic E-state index is 17.0. The van der Waals surface area contributed by atoms with Gasteiger partial charge in [-0.25, -0.2) is 14.4 Å². The zero-order chi connectivity index (χ0) is 26.0. The predicted octanol–water partition coefficient (Wildman–Crippen LogP) is 2.80. The Labute approximate surface area is 215 Å². The molecule has 7 rings (SSSR count). The van der Waals surface area contributed by atoms with Gasteiger partial charge in [0.15, 0.2) is 5.67 Å². The Morgan fingerprint density at radius 1 is 1.14 bits per heavy atom. The van der Waals surface area contributed by atoms with Crippen LogP contribution in [0.2, 0.25) is 0 Å². The molecule has 2 saturated heterocycles. The molecule has 37 heavy (non-hydrogen) atoms. The fourth-order valence-electron chi connectivity index (χ4n) is 8.67. The third kappa shape index (κ3) is 2.73. The third-order valence-corrected chi connectivity index (χ3v) is 10.6. The van der Waals surface area contributed by atoms with Gasteiger partial charge in [-0.3, -0.25) is 0 Å². The number of ether oxygens (including phenoxy) is 1. The van der Waals surface area contributed by atoms with Crippen LogP contribution in [0.3, 0.4) is 0 Å². The number of halogens is 1. The maximum Gasteiger partial charge on any atom is 0.197 e. The quantitative estimate of drug-likeness (QED) is 0.538. The van der Waals surface area contributed by atoms with E-state index in [0.29, 0.717) is 24.8 Å². The molecule has 5 aliphatic rings. The number of aliphatic hydroxyl groups is 3. The Morgan fingerprint density at radius 3 is 2.73 bits per heavy atom. The lowest BCUT2D eigenvalue weighted by Gasteiger charge is -2.62. The number of likely N-dealkylation sites (N-methyl/N-ethyl adjacent to an activating group) is 1.